The minimum absolute atomic E-state index is 0.205. The topological polar surface area (TPSA) is 71.8 Å². The van der Waals surface area contributed by atoms with Crippen molar-refractivity contribution in [2.75, 3.05) is 11.7 Å². The molecule has 2 aromatic rings. The molecule has 6 nitrogen and oxygen atoms in total. The van der Waals surface area contributed by atoms with Crippen LogP contribution in [0.15, 0.2) is 22.7 Å². The lowest BCUT2D eigenvalue weighted by Gasteiger charge is -2.11. The summed E-state index contributed by atoms with van der Waals surface area (Å²) in [6.07, 6.45) is 1.88. The molecule has 0 aromatic carbocycles. The smallest absolute Gasteiger partial charge is 0.267 e. The minimum Gasteiger partial charge on any atom is -0.297 e. The van der Waals surface area contributed by atoms with E-state index in [2.05, 4.69) is 20.9 Å². The highest BCUT2D eigenvalue weighted by Gasteiger charge is 2.12. The SMILES string of the molecule is CSc1nnc(C)n1NC(=S)NC(=O)c1cccs1. The molecule has 0 aliphatic heterocycles. The average molecular weight is 313 g/mol. The zero-order valence-corrected chi connectivity index (χ0v) is 12.7. The molecular weight excluding hydrogens is 302 g/mol. The van der Waals surface area contributed by atoms with Crippen LogP contribution in [0.4, 0.5) is 0 Å². The first-order chi connectivity index (χ1) is 9.11. The van der Waals surface area contributed by atoms with Gasteiger partial charge < -0.3 is 0 Å². The van der Waals surface area contributed by atoms with Gasteiger partial charge in [-0.3, -0.25) is 15.5 Å². The summed E-state index contributed by atoms with van der Waals surface area (Å²) in [7, 11) is 0. The molecule has 0 saturated heterocycles. The summed E-state index contributed by atoms with van der Waals surface area (Å²) in [5.41, 5.74) is 2.88. The van der Waals surface area contributed by atoms with Crippen molar-refractivity contribution in [1.29, 1.82) is 0 Å². The van der Waals surface area contributed by atoms with Gasteiger partial charge >= 0.3 is 0 Å². The molecule has 0 radical (unpaired) electrons. The highest BCUT2D eigenvalue weighted by atomic mass is 32.2. The molecule has 0 aliphatic carbocycles. The van der Waals surface area contributed by atoms with Gasteiger partial charge in [0.25, 0.3) is 5.91 Å². The van der Waals surface area contributed by atoms with E-state index in [0.717, 1.165) is 0 Å². The number of carbonyl (C=O) groups excluding carboxylic acids is 1. The predicted molar refractivity (Wildman–Crippen MR) is 80.3 cm³/mol. The van der Waals surface area contributed by atoms with Crippen LogP contribution >= 0.6 is 35.3 Å². The van der Waals surface area contributed by atoms with Crippen LogP contribution in [0.1, 0.15) is 15.5 Å². The van der Waals surface area contributed by atoms with E-state index in [-0.39, 0.29) is 11.0 Å². The lowest BCUT2D eigenvalue weighted by Crippen LogP contribution is -2.38. The van der Waals surface area contributed by atoms with Crippen LogP contribution in [0.25, 0.3) is 0 Å². The zero-order valence-electron chi connectivity index (χ0n) is 10.2. The lowest BCUT2D eigenvalue weighted by molar-refractivity contribution is 0.0981. The van der Waals surface area contributed by atoms with Crippen molar-refractivity contribution >= 4 is 46.3 Å². The lowest BCUT2D eigenvalue weighted by atomic mass is 10.4. The summed E-state index contributed by atoms with van der Waals surface area (Å²) >= 11 is 7.88. The van der Waals surface area contributed by atoms with Gasteiger partial charge in [0.15, 0.2) is 5.11 Å². The maximum Gasteiger partial charge on any atom is 0.267 e. The van der Waals surface area contributed by atoms with E-state index in [0.29, 0.717) is 15.9 Å². The fourth-order valence-electron chi connectivity index (χ4n) is 1.31. The van der Waals surface area contributed by atoms with Crippen molar-refractivity contribution in [3.05, 3.63) is 28.2 Å². The third-order valence-corrected chi connectivity index (χ3v) is 3.85. The van der Waals surface area contributed by atoms with Crippen molar-refractivity contribution in [3.63, 3.8) is 0 Å². The highest BCUT2D eigenvalue weighted by Crippen LogP contribution is 2.11. The van der Waals surface area contributed by atoms with E-state index in [1.807, 2.05) is 17.7 Å². The monoisotopic (exact) mass is 313 g/mol. The van der Waals surface area contributed by atoms with Gasteiger partial charge in [0.2, 0.25) is 5.16 Å². The maximum atomic E-state index is 11.8. The Hall–Kier alpha value is -1.45. The molecule has 19 heavy (non-hydrogen) atoms. The first-order valence-electron chi connectivity index (χ1n) is 5.23. The summed E-state index contributed by atoms with van der Waals surface area (Å²) in [6, 6.07) is 3.55. The molecule has 0 spiro atoms. The van der Waals surface area contributed by atoms with Gasteiger partial charge in [-0.1, -0.05) is 17.8 Å². The van der Waals surface area contributed by atoms with Gasteiger partial charge in [0, 0.05) is 0 Å². The van der Waals surface area contributed by atoms with Gasteiger partial charge in [0.1, 0.15) is 5.82 Å². The predicted octanol–water partition coefficient (Wildman–Crippen LogP) is 1.63. The molecular formula is C10H11N5OS3. The second kappa shape index (κ2) is 6.13. The number of nitrogens with one attached hydrogen (secondary N) is 2. The number of hydrogen-bond donors (Lipinski definition) is 2. The normalized spacial score (nSPS) is 10.2. The Morgan fingerprint density at radius 1 is 1.53 bits per heavy atom. The quantitative estimate of drug-likeness (QED) is 0.663. The van der Waals surface area contributed by atoms with Crippen LogP contribution in [0, 0.1) is 6.92 Å². The van der Waals surface area contributed by atoms with Crippen LogP contribution < -0.4 is 10.7 Å². The standard InChI is InChI=1S/C10H11N5OS3/c1-6-12-13-10(18-2)15(6)14-9(17)11-8(16)7-4-3-5-19-7/h3-5H,1-2H3,(H2,11,14,16,17). The number of thioether (sulfide) groups is 1. The van der Waals surface area contributed by atoms with Gasteiger partial charge in [-0.2, -0.15) is 0 Å². The molecule has 9 heteroatoms. The summed E-state index contributed by atoms with van der Waals surface area (Å²) in [6.45, 7) is 1.80. The van der Waals surface area contributed by atoms with E-state index in [1.165, 1.54) is 23.1 Å². The first kappa shape index (κ1) is 14.0. The fraction of sp³-hybridized carbons (Fsp3) is 0.200. The Kier molecular flexibility index (Phi) is 4.51. The Morgan fingerprint density at radius 2 is 2.32 bits per heavy atom. The second-order valence-corrected chi connectivity index (χ2v) is 5.57. The Bertz CT molecular complexity index is 592. The van der Waals surface area contributed by atoms with Crippen molar-refractivity contribution in [1.82, 2.24) is 20.2 Å². The van der Waals surface area contributed by atoms with E-state index in [9.17, 15) is 4.79 Å². The largest absolute Gasteiger partial charge is 0.297 e. The minimum atomic E-state index is -0.232. The third kappa shape index (κ3) is 3.31. The Morgan fingerprint density at radius 3 is 2.95 bits per heavy atom. The maximum absolute atomic E-state index is 11.8. The number of thiophene rings is 1. The molecule has 0 unspecified atom stereocenters. The number of nitrogens with zero attached hydrogens (tertiary/aromatic N) is 3. The number of aromatic nitrogens is 3. The molecule has 100 valence electrons. The molecule has 2 aromatic heterocycles. The van der Waals surface area contributed by atoms with Gasteiger partial charge in [0.05, 0.1) is 4.88 Å². The number of carbonyl (C=O) groups is 1. The summed E-state index contributed by atoms with van der Waals surface area (Å²) in [5.74, 6) is 0.431. The van der Waals surface area contributed by atoms with Crippen molar-refractivity contribution in [2.24, 2.45) is 0 Å². The second-order valence-electron chi connectivity index (χ2n) is 3.44. The van der Waals surface area contributed by atoms with Gasteiger partial charge in [-0.25, -0.2) is 4.68 Å². The van der Waals surface area contributed by atoms with Crippen LogP contribution in [0.2, 0.25) is 0 Å². The molecule has 0 bridgehead atoms. The van der Waals surface area contributed by atoms with Gasteiger partial charge in [-0.15, -0.1) is 21.5 Å². The van der Waals surface area contributed by atoms with Crippen LogP contribution in [-0.2, 0) is 0 Å². The van der Waals surface area contributed by atoms with Crippen molar-refractivity contribution in [2.45, 2.75) is 12.1 Å². The average Bonchev–Trinajstić information content (AvgIpc) is 3.00. The number of amides is 1. The summed E-state index contributed by atoms with van der Waals surface area (Å²) in [5, 5.41) is 13.2. The molecule has 0 aliphatic rings. The Labute approximate surface area is 123 Å². The van der Waals surface area contributed by atoms with Crippen LogP contribution in [-0.4, -0.2) is 32.1 Å². The number of rotatable bonds is 3. The van der Waals surface area contributed by atoms with Crippen molar-refractivity contribution in [3.8, 4) is 0 Å². The number of thiocarbonyl (C=S) groups is 1. The molecule has 0 fully saturated rings. The molecule has 0 atom stereocenters. The van der Waals surface area contributed by atoms with E-state index >= 15 is 0 Å². The first-order valence-corrected chi connectivity index (χ1v) is 7.75. The van der Waals surface area contributed by atoms with E-state index in [4.69, 9.17) is 12.2 Å². The van der Waals surface area contributed by atoms with Gasteiger partial charge in [-0.05, 0) is 36.8 Å². The molecule has 0 saturated carbocycles. The van der Waals surface area contributed by atoms with E-state index in [1.54, 1.807) is 17.7 Å². The summed E-state index contributed by atoms with van der Waals surface area (Å²) < 4.78 is 1.63. The molecule has 2 heterocycles. The Balaban J connectivity index is 2.02. The van der Waals surface area contributed by atoms with E-state index < -0.39 is 0 Å². The van der Waals surface area contributed by atoms with Crippen LogP contribution in [0.5, 0.6) is 0 Å². The number of aryl methyl sites for hydroxylation is 1. The highest BCUT2D eigenvalue weighted by molar-refractivity contribution is 7.98. The molecule has 1 amide bonds. The number of hydrogen-bond acceptors (Lipinski definition) is 6. The summed E-state index contributed by atoms with van der Waals surface area (Å²) in [4.78, 5) is 12.4. The van der Waals surface area contributed by atoms with Crippen molar-refractivity contribution < 1.29 is 4.79 Å². The fourth-order valence-corrected chi connectivity index (χ4v) is 2.59. The van der Waals surface area contributed by atoms with Crippen LogP contribution in [0.3, 0.4) is 0 Å². The third-order valence-electron chi connectivity index (χ3n) is 2.16. The molecule has 2 rings (SSSR count). The molecule has 2 N–H and O–H groups in total. The zero-order chi connectivity index (χ0) is 13.8.